The smallest absolute Gasteiger partial charge is 0.320 e. The molecule has 0 atom stereocenters. The second-order valence-corrected chi connectivity index (χ2v) is 5.84. The van der Waals surface area contributed by atoms with Crippen molar-refractivity contribution < 1.29 is 14.3 Å². The number of carbonyl (C=O) groups is 2. The van der Waals surface area contributed by atoms with Crippen molar-refractivity contribution in [3.05, 3.63) is 0 Å². The standard InChI is InChI=1S/C16H28O3/c1-3-5-7-9-11-16(12-10-8-6-4-2)13-14(17)19-15(16)18/h3-13H2,1-2H3. The van der Waals surface area contributed by atoms with Gasteiger partial charge in [0, 0.05) is 0 Å². The van der Waals surface area contributed by atoms with E-state index >= 15 is 0 Å². The molecule has 110 valence electrons. The van der Waals surface area contributed by atoms with Gasteiger partial charge in [0.05, 0.1) is 11.8 Å². The number of rotatable bonds is 10. The maximum absolute atomic E-state index is 12.0. The molecule has 1 aliphatic rings. The van der Waals surface area contributed by atoms with Crippen molar-refractivity contribution in [3.63, 3.8) is 0 Å². The number of carbonyl (C=O) groups excluding carboxylic acids is 2. The molecule has 3 heteroatoms. The van der Waals surface area contributed by atoms with Crippen LogP contribution in [0, 0.1) is 5.41 Å². The molecular weight excluding hydrogens is 240 g/mol. The molecule has 3 nitrogen and oxygen atoms in total. The van der Waals surface area contributed by atoms with Gasteiger partial charge in [-0.05, 0) is 12.8 Å². The summed E-state index contributed by atoms with van der Waals surface area (Å²) in [7, 11) is 0. The zero-order valence-electron chi connectivity index (χ0n) is 12.5. The molecule has 0 aromatic rings. The van der Waals surface area contributed by atoms with Crippen LogP contribution in [0.25, 0.3) is 0 Å². The number of cyclic esters (lactones) is 2. The predicted octanol–water partition coefficient (Wildman–Crippen LogP) is 4.39. The first-order valence-electron chi connectivity index (χ1n) is 7.89. The summed E-state index contributed by atoms with van der Waals surface area (Å²) in [5.41, 5.74) is -0.488. The molecule has 1 fully saturated rings. The third-order valence-corrected chi connectivity index (χ3v) is 4.14. The molecule has 0 amide bonds. The molecule has 0 spiro atoms. The summed E-state index contributed by atoms with van der Waals surface area (Å²) in [4.78, 5) is 23.4. The van der Waals surface area contributed by atoms with Gasteiger partial charge in [-0.2, -0.15) is 0 Å². The normalized spacial score (nSPS) is 17.8. The first-order chi connectivity index (χ1) is 9.14. The van der Waals surface area contributed by atoms with Gasteiger partial charge >= 0.3 is 11.9 Å². The van der Waals surface area contributed by atoms with Gasteiger partial charge in [-0.25, -0.2) is 0 Å². The zero-order chi connectivity index (χ0) is 14.1. The first kappa shape index (κ1) is 16.2. The Kier molecular flexibility index (Phi) is 7.11. The van der Waals surface area contributed by atoms with Crippen molar-refractivity contribution >= 4 is 11.9 Å². The van der Waals surface area contributed by atoms with Crippen molar-refractivity contribution in [1.82, 2.24) is 0 Å². The quantitative estimate of drug-likeness (QED) is 0.335. The Hall–Kier alpha value is -0.860. The highest BCUT2D eigenvalue weighted by atomic mass is 16.6. The third-order valence-electron chi connectivity index (χ3n) is 4.14. The van der Waals surface area contributed by atoms with Crippen LogP contribution in [0.2, 0.25) is 0 Å². The molecule has 0 aliphatic carbocycles. The van der Waals surface area contributed by atoms with E-state index in [9.17, 15) is 9.59 Å². The van der Waals surface area contributed by atoms with Crippen LogP contribution in [0.4, 0.5) is 0 Å². The highest BCUT2D eigenvalue weighted by Gasteiger charge is 2.47. The van der Waals surface area contributed by atoms with E-state index in [2.05, 4.69) is 13.8 Å². The molecule has 0 aromatic carbocycles. The van der Waals surface area contributed by atoms with Gasteiger partial charge in [-0.15, -0.1) is 0 Å². The monoisotopic (exact) mass is 268 g/mol. The van der Waals surface area contributed by atoms with Crippen LogP contribution in [-0.2, 0) is 14.3 Å². The highest BCUT2D eigenvalue weighted by molar-refractivity contribution is 5.97. The topological polar surface area (TPSA) is 43.4 Å². The predicted molar refractivity (Wildman–Crippen MR) is 75.7 cm³/mol. The average molecular weight is 268 g/mol. The van der Waals surface area contributed by atoms with Gasteiger partial charge in [-0.1, -0.05) is 65.2 Å². The fourth-order valence-corrected chi connectivity index (χ4v) is 2.88. The average Bonchev–Trinajstić information content (AvgIpc) is 2.66. The summed E-state index contributed by atoms with van der Waals surface area (Å²) in [6.07, 6.45) is 11.1. The van der Waals surface area contributed by atoms with E-state index in [1.54, 1.807) is 0 Å². The Morgan fingerprint density at radius 3 is 1.79 bits per heavy atom. The molecule has 0 N–H and O–H groups in total. The van der Waals surface area contributed by atoms with Crippen LogP contribution in [0.15, 0.2) is 0 Å². The van der Waals surface area contributed by atoms with Crippen LogP contribution in [-0.4, -0.2) is 11.9 Å². The Morgan fingerprint density at radius 2 is 1.42 bits per heavy atom. The molecule has 1 saturated heterocycles. The zero-order valence-corrected chi connectivity index (χ0v) is 12.5. The minimum absolute atomic E-state index is 0.259. The largest absolute Gasteiger partial charge is 0.393 e. The van der Waals surface area contributed by atoms with Gasteiger partial charge in [0.1, 0.15) is 0 Å². The molecule has 0 unspecified atom stereocenters. The molecule has 0 aromatic heterocycles. The van der Waals surface area contributed by atoms with Crippen LogP contribution < -0.4 is 0 Å². The molecule has 1 heterocycles. The van der Waals surface area contributed by atoms with Crippen molar-refractivity contribution in [2.24, 2.45) is 5.41 Å². The number of hydrogen-bond acceptors (Lipinski definition) is 3. The lowest BCUT2D eigenvalue weighted by atomic mass is 9.76. The van der Waals surface area contributed by atoms with E-state index < -0.39 is 5.41 Å². The van der Waals surface area contributed by atoms with Crippen LogP contribution >= 0.6 is 0 Å². The van der Waals surface area contributed by atoms with E-state index in [0.29, 0.717) is 6.42 Å². The van der Waals surface area contributed by atoms with Crippen LogP contribution in [0.3, 0.4) is 0 Å². The summed E-state index contributed by atoms with van der Waals surface area (Å²) in [5, 5.41) is 0. The maximum atomic E-state index is 12.0. The Balaban J connectivity index is 2.48. The van der Waals surface area contributed by atoms with Crippen molar-refractivity contribution in [3.8, 4) is 0 Å². The summed E-state index contributed by atoms with van der Waals surface area (Å²) in [6.45, 7) is 4.35. The fourth-order valence-electron chi connectivity index (χ4n) is 2.88. The summed E-state index contributed by atoms with van der Waals surface area (Å²) in [6, 6.07) is 0. The minimum Gasteiger partial charge on any atom is -0.393 e. The summed E-state index contributed by atoms with van der Waals surface area (Å²) >= 11 is 0. The molecule has 1 aliphatic heterocycles. The van der Waals surface area contributed by atoms with E-state index in [0.717, 1.165) is 38.5 Å². The van der Waals surface area contributed by atoms with Gasteiger partial charge in [0.25, 0.3) is 0 Å². The summed E-state index contributed by atoms with van der Waals surface area (Å²) < 4.78 is 4.81. The van der Waals surface area contributed by atoms with Crippen LogP contribution in [0.1, 0.15) is 84.5 Å². The Labute approximate surface area is 117 Å². The van der Waals surface area contributed by atoms with Crippen LogP contribution in [0.5, 0.6) is 0 Å². The van der Waals surface area contributed by atoms with Gasteiger partial charge in [0.15, 0.2) is 0 Å². The second kappa shape index (κ2) is 8.34. The lowest BCUT2D eigenvalue weighted by Crippen LogP contribution is -2.26. The number of unbranched alkanes of at least 4 members (excludes halogenated alkanes) is 6. The van der Waals surface area contributed by atoms with Crippen molar-refractivity contribution in [2.45, 2.75) is 84.5 Å². The summed E-state index contributed by atoms with van der Waals surface area (Å²) in [5.74, 6) is -0.582. The minimum atomic E-state index is -0.488. The molecule has 0 radical (unpaired) electrons. The van der Waals surface area contributed by atoms with E-state index in [4.69, 9.17) is 4.74 Å². The third kappa shape index (κ3) is 4.96. The molecular formula is C16H28O3. The molecule has 0 bridgehead atoms. The maximum Gasteiger partial charge on any atom is 0.320 e. The Morgan fingerprint density at radius 1 is 0.895 bits per heavy atom. The van der Waals surface area contributed by atoms with Gasteiger partial charge < -0.3 is 4.74 Å². The number of esters is 2. The van der Waals surface area contributed by atoms with Gasteiger partial charge in [0.2, 0.25) is 0 Å². The molecule has 19 heavy (non-hydrogen) atoms. The molecule has 0 saturated carbocycles. The van der Waals surface area contributed by atoms with Gasteiger partial charge in [-0.3, -0.25) is 9.59 Å². The lowest BCUT2D eigenvalue weighted by Gasteiger charge is -2.23. The van der Waals surface area contributed by atoms with E-state index in [-0.39, 0.29) is 11.9 Å². The SMILES string of the molecule is CCCCCCC1(CCCCCC)CC(=O)OC1=O. The second-order valence-electron chi connectivity index (χ2n) is 5.84. The Bertz CT molecular complexity index is 284. The van der Waals surface area contributed by atoms with E-state index in [1.807, 2.05) is 0 Å². The highest BCUT2D eigenvalue weighted by Crippen LogP contribution is 2.41. The molecule has 1 rings (SSSR count). The first-order valence-corrected chi connectivity index (χ1v) is 7.89. The number of ether oxygens (including phenoxy) is 1. The fraction of sp³-hybridized carbons (Fsp3) is 0.875. The number of hydrogen-bond donors (Lipinski definition) is 0. The van der Waals surface area contributed by atoms with Crippen molar-refractivity contribution in [1.29, 1.82) is 0 Å². The lowest BCUT2D eigenvalue weighted by molar-refractivity contribution is -0.155. The van der Waals surface area contributed by atoms with Crippen molar-refractivity contribution in [2.75, 3.05) is 0 Å². The van der Waals surface area contributed by atoms with E-state index in [1.165, 1.54) is 25.7 Å².